The minimum Gasteiger partial charge on any atom is -0.493 e. The number of aromatic nitrogens is 1. The predicted molar refractivity (Wildman–Crippen MR) is 108 cm³/mol. The molecule has 0 fully saturated rings. The van der Waals surface area contributed by atoms with Gasteiger partial charge in [0.15, 0.2) is 16.6 Å². The van der Waals surface area contributed by atoms with Gasteiger partial charge in [0.25, 0.3) is 0 Å². The minimum absolute atomic E-state index is 0.428. The Bertz CT molecular complexity index is 943. The monoisotopic (exact) mass is 429 g/mol. The zero-order valence-electron chi connectivity index (χ0n) is 13.6. The molecule has 1 aromatic carbocycles. The molecule has 2 heterocycles. The van der Waals surface area contributed by atoms with E-state index in [2.05, 4.69) is 15.6 Å². The number of urea groups is 1. The first-order chi connectivity index (χ1) is 12.5. The molecular weight excluding hydrogens is 417 g/mol. The van der Waals surface area contributed by atoms with E-state index in [9.17, 15) is 4.79 Å². The Morgan fingerprint density at radius 3 is 2.65 bits per heavy atom. The lowest BCUT2D eigenvalue weighted by molar-refractivity contribution is 0.262. The third-order valence-electron chi connectivity index (χ3n) is 3.31. The van der Waals surface area contributed by atoms with Crippen LogP contribution in [0.1, 0.15) is 0 Å². The van der Waals surface area contributed by atoms with Crippen molar-refractivity contribution in [3.8, 4) is 22.8 Å². The van der Waals surface area contributed by atoms with E-state index in [1.165, 1.54) is 36.9 Å². The lowest BCUT2D eigenvalue weighted by Gasteiger charge is -2.13. The number of rotatable bonds is 5. The maximum atomic E-state index is 12.3. The number of thiazole rings is 1. The standard InChI is InChI=1S/C16H13Cl2N3O3S2/c1-23-11-5-3-4-9(13(11)24-2)19-15(22)21-16-20-10(7-25-16)8-6-12(17)26-14(8)18/h3-7H,1-2H3,(H2,19,20,21,22). The zero-order valence-corrected chi connectivity index (χ0v) is 16.8. The van der Waals surface area contributed by atoms with E-state index in [1.807, 2.05) is 0 Å². The lowest BCUT2D eigenvalue weighted by atomic mass is 10.2. The zero-order chi connectivity index (χ0) is 18.7. The van der Waals surface area contributed by atoms with Crippen LogP contribution < -0.4 is 20.1 Å². The minimum atomic E-state index is -0.452. The van der Waals surface area contributed by atoms with Crippen molar-refractivity contribution in [2.24, 2.45) is 0 Å². The largest absolute Gasteiger partial charge is 0.493 e. The smallest absolute Gasteiger partial charge is 0.325 e. The number of ether oxygens (including phenoxy) is 2. The SMILES string of the molecule is COc1cccc(NC(=O)Nc2nc(-c3cc(Cl)sc3Cl)cs2)c1OC. The number of nitrogens with zero attached hydrogens (tertiary/aromatic N) is 1. The van der Waals surface area contributed by atoms with Crippen molar-refractivity contribution in [2.45, 2.75) is 0 Å². The van der Waals surface area contributed by atoms with Gasteiger partial charge in [-0.15, -0.1) is 22.7 Å². The number of amides is 2. The topological polar surface area (TPSA) is 72.5 Å². The summed E-state index contributed by atoms with van der Waals surface area (Å²) in [5.74, 6) is 0.954. The number of hydrogen-bond donors (Lipinski definition) is 2. The lowest BCUT2D eigenvalue weighted by Crippen LogP contribution is -2.19. The fourth-order valence-electron chi connectivity index (χ4n) is 2.21. The molecule has 0 atom stereocenters. The molecule has 0 saturated heterocycles. The second-order valence-electron chi connectivity index (χ2n) is 4.90. The Labute approximate surface area is 167 Å². The maximum absolute atomic E-state index is 12.3. The molecule has 0 bridgehead atoms. The van der Waals surface area contributed by atoms with Crippen molar-refractivity contribution in [1.82, 2.24) is 4.98 Å². The van der Waals surface area contributed by atoms with Gasteiger partial charge in [-0.2, -0.15) is 0 Å². The van der Waals surface area contributed by atoms with Gasteiger partial charge in [-0.25, -0.2) is 9.78 Å². The number of para-hydroxylation sites is 1. The van der Waals surface area contributed by atoms with Gasteiger partial charge in [0.1, 0.15) is 4.34 Å². The molecular formula is C16H13Cl2N3O3S2. The van der Waals surface area contributed by atoms with E-state index in [0.29, 0.717) is 36.7 Å². The van der Waals surface area contributed by atoms with Crippen LogP contribution in [0.15, 0.2) is 29.6 Å². The summed E-state index contributed by atoms with van der Waals surface area (Å²) < 4.78 is 11.6. The van der Waals surface area contributed by atoms with E-state index >= 15 is 0 Å². The fourth-order valence-corrected chi connectivity index (χ4v) is 4.39. The summed E-state index contributed by atoms with van der Waals surface area (Å²) in [5, 5.41) is 7.63. The highest BCUT2D eigenvalue weighted by Gasteiger charge is 2.15. The van der Waals surface area contributed by atoms with E-state index < -0.39 is 6.03 Å². The van der Waals surface area contributed by atoms with Crippen LogP contribution in [-0.4, -0.2) is 25.2 Å². The van der Waals surface area contributed by atoms with E-state index in [1.54, 1.807) is 29.6 Å². The second kappa shape index (κ2) is 8.13. The Hall–Kier alpha value is -2.00. The van der Waals surface area contributed by atoms with Crippen molar-refractivity contribution >= 4 is 62.7 Å². The molecule has 0 spiro atoms. The molecule has 0 aliphatic rings. The average molecular weight is 430 g/mol. The van der Waals surface area contributed by atoms with Gasteiger partial charge in [-0.1, -0.05) is 29.3 Å². The summed E-state index contributed by atoms with van der Waals surface area (Å²) in [6.07, 6.45) is 0. The molecule has 0 aliphatic carbocycles. The number of hydrogen-bond acceptors (Lipinski definition) is 6. The summed E-state index contributed by atoms with van der Waals surface area (Å²) in [7, 11) is 3.03. The molecule has 10 heteroatoms. The molecule has 6 nitrogen and oxygen atoms in total. The van der Waals surface area contributed by atoms with Gasteiger partial charge in [-0.05, 0) is 18.2 Å². The number of benzene rings is 1. The molecule has 3 rings (SSSR count). The fraction of sp³-hybridized carbons (Fsp3) is 0.125. The van der Waals surface area contributed by atoms with E-state index in [4.69, 9.17) is 32.7 Å². The summed E-state index contributed by atoms with van der Waals surface area (Å²) >= 11 is 14.6. The normalized spacial score (nSPS) is 10.5. The molecule has 2 N–H and O–H groups in total. The van der Waals surface area contributed by atoms with Crippen LogP contribution >= 0.6 is 45.9 Å². The number of carbonyl (C=O) groups excluding carboxylic acids is 1. The van der Waals surface area contributed by atoms with Gasteiger partial charge in [0, 0.05) is 10.9 Å². The molecule has 26 heavy (non-hydrogen) atoms. The Morgan fingerprint density at radius 2 is 2.00 bits per heavy atom. The first-order valence-electron chi connectivity index (χ1n) is 7.21. The summed E-state index contributed by atoms with van der Waals surface area (Å²) in [6.45, 7) is 0. The van der Waals surface area contributed by atoms with Crippen LogP contribution in [0.4, 0.5) is 15.6 Å². The van der Waals surface area contributed by atoms with Gasteiger partial charge in [-0.3, -0.25) is 5.32 Å². The molecule has 3 aromatic rings. The Balaban J connectivity index is 1.73. The van der Waals surface area contributed by atoms with Crippen LogP contribution in [-0.2, 0) is 0 Å². The van der Waals surface area contributed by atoms with Gasteiger partial charge < -0.3 is 14.8 Å². The Morgan fingerprint density at radius 1 is 1.19 bits per heavy atom. The first kappa shape index (κ1) is 18.8. The molecule has 0 unspecified atom stereocenters. The van der Waals surface area contributed by atoms with Crippen LogP contribution in [0, 0.1) is 0 Å². The van der Waals surface area contributed by atoms with Gasteiger partial charge >= 0.3 is 6.03 Å². The Kier molecular flexibility index (Phi) is 5.87. The van der Waals surface area contributed by atoms with Crippen molar-refractivity contribution in [2.75, 3.05) is 24.9 Å². The summed E-state index contributed by atoms with van der Waals surface area (Å²) in [5.41, 5.74) is 1.87. The number of halogens is 2. The van der Waals surface area contributed by atoms with Crippen LogP contribution in [0.5, 0.6) is 11.5 Å². The quantitative estimate of drug-likeness (QED) is 0.534. The number of anilines is 2. The van der Waals surface area contributed by atoms with Gasteiger partial charge in [0.2, 0.25) is 0 Å². The van der Waals surface area contributed by atoms with Crippen molar-refractivity contribution in [1.29, 1.82) is 0 Å². The van der Waals surface area contributed by atoms with Gasteiger partial charge in [0.05, 0.1) is 29.9 Å². The van der Waals surface area contributed by atoms with E-state index in [0.717, 1.165) is 5.56 Å². The summed E-state index contributed by atoms with van der Waals surface area (Å²) in [6, 6.07) is 6.49. The average Bonchev–Trinajstić information content (AvgIpc) is 3.20. The van der Waals surface area contributed by atoms with Crippen LogP contribution in [0.3, 0.4) is 0 Å². The maximum Gasteiger partial charge on any atom is 0.325 e. The van der Waals surface area contributed by atoms with Crippen LogP contribution in [0.2, 0.25) is 8.67 Å². The number of thiophene rings is 1. The highest BCUT2D eigenvalue weighted by Crippen LogP contribution is 2.39. The van der Waals surface area contributed by atoms with Crippen molar-refractivity contribution in [3.05, 3.63) is 38.3 Å². The molecule has 0 radical (unpaired) electrons. The predicted octanol–water partition coefficient (Wildman–Crippen LogP) is 5.84. The van der Waals surface area contributed by atoms with Crippen molar-refractivity contribution < 1.29 is 14.3 Å². The second-order valence-corrected chi connectivity index (χ2v) is 8.04. The number of carbonyl (C=O) groups is 1. The third kappa shape index (κ3) is 4.04. The number of methoxy groups -OCH3 is 2. The molecule has 0 aliphatic heterocycles. The molecule has 0 saturated carbocycles. The molecule has 2 amide bonds. The third-order valence-corrected chi connectivity index (χ3v) is 5.55. The first-order valence-corrected chi connectivity index (χ1v) is 9.66. The van der Waals surface area contributed by atoms with Crippen molar-refractivity contribution in [3.63, 3.8) is 0 Å². The van der Waals surface area contributed by atoms with E-state index in [-0.39, 0.29) is 0 Å². The van der Waals surface area contributed by atoms with Crippen LogP contribution in [0.25, 0.3) is 11.3 Å². The highest BCUT2D eigenvalue weighted by molar-refractivity contribution is 7.20. The molecule has 136 valence electrons. The molecule has 2 aromatic heterocycles. The highest BCUT2D eigenvalue weighted by atomic mass is 35.5. The number of nitrogens with one attached hydrogen (secondary N) is 2. The summed E-state index contributed by atoms with van der Waals surface area (Å²) in [4.78, 5) is 16.6.